The van der Waals surface area contributed by atoms with Crippen LogP contribution in [-0.4, -0.2) is 41.4 Å². The van der Waals surface area contributed by atoms with E-state index in [1.54, 1.807) is 48.5 Å². The largest absolute Gasteiger partial charge is 0.497 e. The molecule has 0 saturated carbocycles. The van der Waals surface area contributed by atoms with E-state index in [1.165, 1.54) is 12.0 Å². The van der Waals surface area contributed by atoms with Gasteiger partial charge in [-0.05, 0) is 81.2 Å². The second kappa shape index (κ2) is 11.3. The number of rotatable bonds is 9. The predicted molar refractivity (Wildman–Crippen MR) is 143 cm³/mol. The second-order valence-corrected chi connectivity index (χ2v) is 9.93. The van der Waals surface area contributed by atoms with Gasteiger partial charge in [0.2, 0.25) is 5.91 Å². The van der Waals surface area contributed by atoms with Crippen LogP contribution in [0.3, 0.4) is 0 Å². The molecule has 1 atom stereocenters. The van der Waals surface area contributed by atoms with Crippen LogP contribution in [-0.2, 0) is 4.79 Å². The number of primary amides is 1. The van der Waals surface area contributed by atoms with E-state index in [0.717, 1.165) is 11.5 Å². The third kappa shape index (κ3) is 6.36. The Morgan fingerprint density at radius 2 is 1.65 bits per heavy atom. The summed E-state index contributed by atoms with van der Waals surface area (Å²) in [5, 5.41) is 2.97. The zero-order chi connectivity index (χ0) is 27.3. The summed E-state index contributed by atoms with van der Waals surface area (Å²) < 4.78 is 14.8. The van der Waals surface area contributed by atoms with Gasteiger partial charge in [0, 0.05) is 11.2 Å². The van der Waals surface area contributed by atoms with E-state index in [9.17, 15) is 14.4 Å². The molecule has 0 spiro atoms. The number of amides is 3. The molecule has 3 rings (SSSR count). The van der Waals surface area contributed by atoms with Crippen molar-refractivity contribution in [1.82, 2.24) is 9.69 Å². The lowest BCUT2D eigenvalue weighted by Crippen LogP contribution is -2.49. The van der Waals surface area contributed by atoms with Crippen molar-refractivity contribution in [2.75, 3.05) is 24.4 Å². The molecule has 1 aromatic heterocycles. The Hall–Kier alpha value is -4.12. The first-order valence-electron chi connectivity index (χ1n) is 11.5. The van der Waals surface area contributed by atoms with Crippen molar-refractivity contribution in [1.29, 1.82) is 0 Å². The monoisotopic (exact) mass is 525 g/mol. The van der Waals surface area contributed by atoms with E-state index in [-0.39, 0.29) is 16.3 Å². The minimum absolute atomic E-state index is 0.0101. The lowest BCUT2D eigenvalue weighted by Gasteiger charge is -2.33. The molecule has 196 valence electrons. The zero-order valence-electron chi connectivity index (χ0n) is 21.4. The number of anilines is 2. The highest BCUT2D eigenvalue weighted by Gasteiger charge is 2.37. The van der Waals surface area contributed by atoms with Crippen LogP contribution in [0.15, 0.2) is 48.5 Å². The second-order valence-electron chi connectivity index (χ2n) is 9.16. The van der Waals surface area contributed by atoms with Crippen LogP contribution < -0.4 is 31.2 Å². The summed E-state index contributed by atoms with van der Waals surface area (Å²) in [5.74, 6) is -0.686. The molecule has 0 radical (unpaired) electrons. The molecule has 37 heavy (non-hydrogen) atoms. The van der Waals surface area contributed by atoms with Crippen molar-refractivity contribution in [2.45, 2.75) is 39.3 Å². The molecule has 3 amide bonds. The summed E-state index contributed by atoms with van der Waals surface area (Å²) in [6.45, 7) is 7.90. The number of aromatic nitrogens is 1. The van der Waals surface area contributed by atoms with Gasteiger partial charge in [-0.2, -0.15) is 4.37 Å². The average molecular weight is 526 g/mol. The topological polar surface area (TPSA) is 150 Å². The van der Waals surface area contributed by atoms with Crippen LogP contribution in [0.1, 0.15) is 59.5 Å². The summed E-state index contributed by atoms with van der Waals surface area (Å²) in [7, 11) is 1.53. The summed E-state index contributed by atoms with van der Waals surface area (Å²) in [6.07, 6.45) is 0. The van der Waals surface area contributed by atoms with Gasteiger partial charge in [-0.1, -0.05) is 12.1 Å². The number of hydrogen-bond donors (Lipinski definition) is 3. The normalized spacial score (nSPS) is 11.9. The number of nitrogens with two attached hydrogens (primary N) is 2. The van der Waals surface area contributed by atoms with Crippen molar-refractivity contribution < 1.29 is 23.9 Å². The third-order valence-electron chi connectivity index (χ3n) is 5.24. The molecule has 0 bridgehead atoms. The van der Waals surface area contributed by atoms with Crippen molar-refractivity contribution in [2.24, 2.45) is 5.73 Å². The molecular weight excluding hydrogens is 494 g/mol. The lowest BCUT2D eigenvalue weighted by atomic mass is 10.00. The molecule has 5 N–H and O–H groups in total. The van der Waals surface area contributed by atoms with Crippen LogP contribution >= 0.6 is 11.5 Å². The summed E-state index contributed by atoms with van der Waals surface area (Å²) in [4.78, 5) is 40.9. The fourth-order valence-corrected chi connectivity index (χ4v) is 4.38. The minimum Gasteiger partial charge on any atom is -0.497 e. The standard InChI is InChI=1S/C26H31N5O5S/c1-6-36-18-11-7-15(8-12-18)21(24(33)29-26(2,3)4)31(16-9-13-17(35-5)14-10-16)25(34)22-19(27)20(23(28)32)30-37-22/h7-14,21H,6,27H2,1-5H3,(H2,28,32)(H,29,33)/t21-/m1/s1. The van der Waals surface area contributed by atoms with Gasteiger partial charge in [0.05, 0.1) is 19.4 Å². The van der Waals surface area contributed by atoms with Crippen LogP contribution in [0.2, 0.25) is 0 Å². The molecule has 0 aliphatic heterocycles. The molecule has 0 saturated heterocycles. The van der Waals surface area contributed by atoms with Crippen molar-refractivity contribution in [3.8, 4) is 11.5 Å². The van der Waals surface area contributed by atoms with Gasteiger partial charge in [-0.3, -0.25) is 19.3 Å². The van der Waals surface area contributed by atoms with Crippen LogP contribution in [0.5, 0.6) is 11.5 Å². The van der Waals surface area contributed by atoms with E-state index in [1.807, 2.05) is 27.7 Å². The van der Waals surface area contributed by atoms with Gasteiger partial charge in [0.15, 0.2) is 5.69 Å². The molecule has 1 heterocycles. The predicted octanol–water partition coefficient (Wildman–Crippen LogP) is 3.53. The maximum atomic E-state index is 14.0. The van der Waals surface area contributed by atoms with Crippen molar-refractivity contribution in [3.05, 3.63) is 64.7 Å². The number of ether oxygens (including phenoxy) is 2. The maximum Gasteiger partial charge on any atom is 0.273 e. The SMILES string of the molecule is CCOc1ccc([C@H](C(=O)NC(C)(C)C)N(C(=O)c2snc(C(N)=O)c2N)c2ccc(OC)cc2)cc1. The highest BCUT2D eigenvalue weighted by Crippen LogP contribution is 2.34. The number of hydrogen-bond acceptors (Lipinski definition) is 8. The van der Waals surface area contributed by atoms with Crippen molar-refractivity contribution in [3.63, 3.8) is 0 Å². The summed E-state index contributed by atoms with van der Waals surface area (Å²) in [6, 6.07) is 12.5. The number of carbonyl (C=O) groups is 3. The molecule has 11 heteroatoms. The Balaban J connectivity index is 2.21. The Bertz CT molecular complexity index is 1270. The highest BCUT2D eigenvalue weighted by atomic mass is 32.1. The zero-order valence-corrected chi connectivity index (χ0v) is 22.2. The molecule has 3 aromatic rings. The van der Waals surface area contributed by atoms with E-state index >= 15 is 0 Å². The number of nitrogens with one attached hydrogen (secondary N) is 1. The smallest absolute Gasteiger partial charge is 0.273 e. The Morgan fingerprint density at radius 3 is 2.14 bits per heavy atom. The first-order chi connectivity index (χ1) is 17.5. The highest BCUT2D eigenvalue weighted by molar-refractivity contribution is 7.09. The summed E-state index contributed by atoms with van der Waals surface area (Å²) in [5.41, 5.74) is 11.5. The molecule has 0 fully saturated rings. The van der Waals surface area contributed by atoms with E-state index in [4.69, 9.17) is 20.9 Å². The number of methoxy groups -OCH3 is 1. The maximum absolute atomic E-state index is 14.0. The van der Waals surface area contributed by atoms with Crippen LogP contribution in [0.25, 0.3) is 0 Å². The van der Waals surface area contributed by atoms with Gasteiger partial charge < -0.3 is 26.3 Å². The van der Waals surface area contributed by atoms with E-state index < -0.39 is 29.3 Å². The van der Waals surface area contributed by atoms with Gasteiger partial charge in [-0.15, -0.1) is 0 Å². The number of carbonyl (C=O) groups excluding carboxylic acids is 3. The molecular formula is C26H31N5O5S. The molecule has 0 aliphatic carbocycles. The van der Waals surface area contributed by atoms with Crippen molar-refractivity contribution >= 4 is 40.6 Å². The van der Waals surface area contributed by atoms with Gasteiger partial charge in [0.25, 0.3) is 11.8 Å². The van der Waals surface area contributed by atoms with Gasteiger partial charge in [-0.25, -0.2) is 0 Å². The Kier molecular flexibility index (Phi) is 8.38. The molecule has 2 aromatic carbocycles. The first kappa shape index (κ1) is 27.5. The fourth-order valence-electron chi connectivity index (χ4n) is 3.63. The lowest BCUT2D eigenvalue weighted by molar-refractivity contribution is -0.123. The van der Waals surface area contributed by atoms with Gasteiger partial charge in [0.1, 0.15) is 22.4 Å². The molecule has 0 unspecified atom stereocenters. The quantitative estimate of drug-likeness (QED) is 0.387. The van der Waals surface area contributed by atoms with E-state index in [0.29, 0.717) is 29.4 Å². The number of benzene rings is 2. The molecule has 10 nitrogen and oxygen atoms in total. The summed E-state index contributed by atoms with van der Waals surface area (Å²) >= 11 is 0.746. The third-order valence-corrected chi connectivity index (χ3v) is 6.09. The average Bonchev–Trinajstić information content (AvgIpc) is 3.23. The number of nitrogen functional groups attached to an aromatic ring is 1. The molecule has 0 aliphatic rings. The Morgan fingerprint density at radius 1 is 1.05 bits per heavy atom. The Labute approximate surface area is 219 Å². The first-order valence-corrected chi connectivity index (χ1v) is 12.3. The van der Waals surface area contributed by atoms with Crippen LogP contribution in [0.4, 0.5) is 11.4 Å². The van der Waals surface area contributed by atoms with Gasteiger partial charge >= 0.3 is 0 Å². The fraction of sp³-hybridized carbons (Fsp3) is 0.308. The van der Waals surface area contributed by atoms with E-state index in [2.05, 4.69) is 9.69 Å². The van der Waals surface area contributed by atoms with Crippen LogP contribution in [0, 0.1) is 0 Å². The minimum atomic E-state index is -1.10. The number of nitrogens with zero attached hydrogens (tertiary/aromatic N) is 2.